The minimum atomic E-state index is 0.444. The molecule has 0 aliphatic carbocycles. The molecule has 286 valence electrons. The molecule has 0 aliphatic heterocycles. The highest BCUT2D eigenvalue weighted by molar-refractivity contribution is 6.08. The lowest BCUT2D eigenvalue weighted by Gasteiger charge is -2.18. The van der Waals surface area contributed by atoms with Gasteiger partial charge in [-0.1, -0.05) is 158 Å². The van der Waals surface area contributed by atoms with E-state index in [4.69, 9.17) is 28.1 Å². The van der Waals surface area contributed by atoms with E-state index in [-0.39, 0.29) is 0 Å². The van der Waals surface area contributed by atoms with Crippen LogP contribution in [-0.2, 0) is 0 Å². The van der Waals surface area contributed by atoms with Gasteiger partial charge in [-0.15, -0.1) is 0 Å². The molecular weight excluding hydrogens is 757 g/mol. The Bertz CT molecular complexity index is 3400. The van der Waals surface area contributed by atoms with Crippen molar-refractivity contribution in [3.8, 4) is 84.7 Å². The molecule has 0 aliphatic rings. The molecular formula is C56H32N6. The highest BCUT2D eigenvalue weighted by Gasteiger charge is 2.20. The normalized spacial score (nSPS) is 10.9. The highest BCUT2D eigenvalue weighted by Crippen LogP contribution is 2.43. The van der Waals surface area contributed by atoms with Crippen molar-refractivity contribution in [3.05, 3.63) is 223 Å². The summed E-state index contributed by atoms with van der Waals surface area (Å²) in [7, 11) is 0. The Morgan fingerprint density at radius 1 is 0.355 bits per heavy atom. The number of rotatable bonds is 7. The van der Waals surface area contributed by atoms with Gasteiger partial charge in [0.15, 0.2) is 28.8 Å². The quantitative estimate of drug-likeness (QED) is 0.119. The molecule has 0 saturated heterocycles. The van der Waals surface area contributed by atoms with Crippen LogP contribution in [-0.4, -0.2) is 15.0 Å². The predicted octanol–water partition coefficient (Wildman–Crippen LogP) is 14.8. The van der Waals surface area contributed by atoms with Crippen LogP contribution in [0.15, 0.2) is 194 Å². The van der Waals surface area contributed by atoms with Gasteiger partial charge in [0, 0.05) is 16.7 Å². The summed E-state index contributed by atoms with van der Waals surface area (Å²) >= 11 is 0. The fraction of sp³-hybridized carbons (Fsp3) is 0. The van der Waals surface area contributed by atoms with Crippen LogP contribution in [0.2, 0.25) is 0 Å². The SMILES string of the molecule is [C-]#[N+]c1ccc(-c2nc(-c3ccc(C#N)cc3)nc(-c3ccccc3-c3cc([N+]#[C-])ccc3-c3ccccc3-c3ccc(-c4ccc5c(ccc6ccccc65)c4)cc3)n2)cc1. The zero-order valence-corrected chi connectivity index (χ0v) is 33.2. The zero-order valence-electron chi connectivity index (χ0n) is 33.2. The molecule has 6 heteroatoms. The van der Waals surface area contributed by atoms with Gasteiger partial charge in [-0.05, 0) is 102 Å². The highest BCUT2D eigenvalue weighted by atomic mass is 15.0. The van der Waals surface area contributed by atoms with Crippen molar-refractivity contribution >= 4 is 32.9 Å². The lowest BCUT2D eigenvalue weighted by molar-refractivity contribution is 1.07. The monoisotopic (exact) mass is 788 g/mol. The first kappa shape index (κ1) is 37.3. The van der Waals surface area contributed by atoms with E-state index in [1.54, 1.807) is 24.3 Å². The fourth-order valence-corrected chi connectivity index (χ4v) is 8.11. The third kappa shape index (κ3) is 6.99. The maximum Gasteiger partial charge on any atom is 0.187 e. The van der Waals surface area contributed by atoms with E-state index in [1.807, 2.05) is 72.8 Å². The van der Waals surface area contributed by atoms with Gasteiger partial charge in [0.05, 0.1) is 24.8 Å². The molecule has 0 spiro atoms. The second-order valence-corrected chi connectivity index (χ2v) is 14.9. The first-order chi connectivity index (χ1) is 30.6. The molecule has 0 radical (unpaired) electrons. The van der Waals surface area contributed by atoms with Crippen molar-refractivity contribution < 1.29 is 0 Å². The molecule has 0 unspecified atom stereocenters. The summed E-state index contributed by atoms with van der Waals surface area (Å²) in [5, 5.41) is 14.4. The predicted molar refractivity (Wildman–Crippen MR) is 250 cm³/mol. The average Bonchev–Trinajstić information content (AvgIpc) is 3.36. The first-order valence-electron chi connectivity index (χ1n) is 20.0. The minimum absolute atomic E-state index is 0.444. The molecule has 9 aromatic carbocycles. The van der Waals surface area contributed by atoms with Crippen LogP contribution in [0.25, 0.3) is 110 Å². The summed E-state index contributed by atoms with van der Waals surface area (Å²) in [6, 6.07) is 67.0. The summed E-state index contributed by atoms with van der Waals surface area (Å²) in [5.41, 5.74) is 11.9. The Labute approximate surface area is 359 Å². The summed E-state index contributed by atoms with van der Waals surface area (Å²) in [6.07, 6.45) is 0. The zero-order chi connectivity index (χ0) is 42.0. The van der Waals surface area contributed by atoms with Crippen molar-refractivity contribution in [2.45, 2.75) is 0 Å². The second kappa shape index (κ2) is 16.0. The average molecular weight is 789 g/mol. The Kier molecular flexibility index (Phi) is 9.60. The Morgan fingerprint density at radius 3 is 1.55 bits per heavy atom. The minimum Gasteiger partial charge on any atom is -0.238 e. The fourth-order valence-electron chi connectivity index (χ4n) is 8.11. The topological polar surface area (TPSA) is 71.2 Å². The maximum atomic E-state index is 9.47. The molecule has 0 bridgehead atoms. The summed E-state index contributed by atoms with van der Waals surface area (Å²) in [4.78, 5) is 22.3. The van der Waals surface area contributed by atoms with Crippen LogP contribution < -0.4 is 0 Å². The Morgan fingerprint density at radius 2 is 0.855 bits per heavy atom. The number of fused-ring (bicyclic) bond motifs is 3. The van der Waals surface area contributed by atoms with Gasteiger partial charge in [0.2, 0.25) is 0 Å². The lowest BCUT2D eigenvalue weighted by atomic mass is 9.87. The van der Waals surface area contributed by atoms with Crippen molar-refractivity contribution in [3.63, 3.8) is 0 Å². The van der Waals surface area contributed by atoms with Gasteiger partial charge in [-0.25, -0.2) is 24.6 Å². The van der Waals surface area contributed by atoms with Gasteiger partial charge < -0.3 is 0 Å². The van der Waals surface area contributed by atoms with Crippen LogP contribution in [0, 0.1) is 24.5 Å². The van der Waals surface area contributed by atoms with Gasteiger partial charge in [0.1, 0.15) is 0 Å². The van der Waals surface area contributed by atoms with Gasteiger partial charge in [-0.3, -0.25) is 0 Å². The number of hydrogen-bond donors (Lipinski definition) is 0. The van der Waals surface area contributed by atoms with E-state index in [0.29, 0.717) is 34.4 Å². The summed E-state index contributed by atoms with van der Waals surface area (Å²) in [6.45, 7) is 15.4. The molecule has 10 rings (SSSR count). The van der Waals surface area contributed by atoms with Crippen LogP contribution in [0.1, 0.15) is 5.56 Å². The van der Waals surface area contributed by atoms with E-state index in [1.165, 1.54) is 21.5 Å². The third-order valence-corrected chi connectivity index (χ3v) is 11.2. The second-order valence-electron chi connectivity index (χ2n) is 14.9. The largest absolute Gasteiger partial charge is 0.238 e. The molecule has 0 fully saturated rings. The van der Waals surface area contributed by atoms with Crippen molar-refractivity contribution in [2.75, 3.05) is 0 Å². The molecule has 0 amide bonds. The smallest absolute Gasteiger partial charge is 0.187 e. The van der Waals surface area contributed by atoms with Crippen molar-refractivity contribution in [2.24, 2.45) is 0 Å². The van der Waals surface area contributed by atoms with Crippen LogP contribution in [0.4, 0.5) is 11.4 Å². The first-order valence-corrected chi connectivity index (χ1v) is 20.0. The number of aromatic nitrogens is 3. The van der Waals surface area contributed by atoms with E-state index < -0.39 is 0 Å². The van der Waals surface area contributed by atoms with Gasteiger partial charge in [-0.2, -0.15) is 5.26 Å². The van der Waals surface area contributed by atoms with E-state index >= 15 is 0 Å². The number of nitrogens with zero attached hydrogens (tertiary/aromatic N) is 6. The molecule has 0 N–H and O–H groups in total. The van der Waals surface area contributed by atoms with Crippen molar-refractivity contribution in [1.82, 2.24) is 15.0 Å². The van der Waals surface area contributed by atoms with Crippen LogP contribution >= 0.6 is 0 Å². The molecule has 0 saturated carbocycles. The molecule has 0 atom stereocenters. The molecule has 62 heavy (non-hydrogen) atoms. The Balaban J connectivity index is 1.08. The van der Waals surface area contributed by atoms with E-state index in [2.05, 4.69) is 113 Å². The van der Waals surface area contributed by atoms with Crippen LogP contribution in [0.5, 0.6) is 0 Å². The lowest BCUT2D eigenvalue weighted by Crippen LogP contribution is -2.01. The van der Waals surface area contributed by atoms with Crippen LogP contribution in [0.3, 0.4) is 0 Å². The van der Waals surface area contributed by atoms with Crippen molar-refractivity contribution in [1.29, 1.82) is 5.26 Å². The molecule has 10 aromatic rings. The maximum absolute atomic E-state index is 9.47. The summed E-state index contributed by atoms with van der Waals surface area (Å²) < 4.78 is 0. The molecule has 1 heterocycles. The van der Waals surface area contributed by atoms with E-state index in [0.717, 1.165) is 61.2 Å². The third-order valence-electron chi connectivity index (χ3n) is 11.2. The number of hydrogen-bond acceptors (Lipinski definition) is 4. The number of benzene rings is 9. The summed E-state index contributed by atoms with van der Waals surface area (Å²) in [5.74, 6) is 1.34. The van der Waals surface area contributed by atoms with Gasteiger partial charge in [0.25, 0.3) is 0 Å². The molecule has 1 aromatic heterocycles. The molecule has 6 nitrogen and oxygen atoms in total. The Hall–Kier alpha value is -9.02. The van der Waals surface area contributed by atoms with E-state index in [9.17, 15) is 5.26 Å². The van der Waals surface area contributed by atoms with Gasteiger partial charge >= 0.3 is 0 Å². The standard InChI is InChI=1S/C56H32N6/c1-58-44-28-25-41(26-29-44)55-60-54(40-17-15-36(35-57)16-18-40)61-56(62-55)52-14-8-7-13-50(52)53-34-45(59-2)30-32-51(53)49-12-6-5-11-47(49)39-21-19-37(20-22-39)42-27-31-48-43(33-42)24-23-38-9-3-4-10-46(38)48/h3-34H. The number of nitriles is 1.